The van der Waals surface area contributed by atoms with E-state index < -0.39 is 22.7 Å². The molecule has 6 nitrogen and oxygen atoms in total. The highest BCUT2D eigenvalue weighted by Gasteiger charge is 2.81. The van der Waals surface area contributed by atoms with Crippen molar-refractivity contribution in [2.24, 2.45) is 11.8 Å². The van der Waals surface area contributed by atoms with Crippen LogP contribution in [0.1, 0.15) is 109 Å². The highest BCUT2D eigenvalue weighted by atomic mass is 16.6. The van der Waals surface area contributed by atoms with Crippen LogP contribution in [0.25, 0.3) is 0 Å². The van der Waals surface area contributed by atoms with Crippen LogP contribution in [-0.4, -0.2) is 38.6 Å². The molecule has 4 bridgehead atoms. The van der Waals surface area contributed by atoms with Crippen molar-refractivity contribution >= 4 is 11.6 Å². The first-order valence-corrected chi connectivity index (χ1v) is 15.9. The molecule has 2 N–H and O–H groups in total. The molecule has 1 aromatic carbocycles. The summed E-state index contributed by atoms with van der Waals surface area (Å²) in [6, 6.07) is 0. The molecule has 0 aromatic heterocycles. The van der Waals surface area contributed by atoms with Crippen LogP contribution < -0.4 is 4.74 Å². The number of phenolic OH excluding ortho intramolecular Hbond substituents is 2. The number of hydrogen-bond acceptors (Lipinski definition) is 6. The fourth-order valence-corrected chi connectivity index (χ4v) is 7.76. The largest absolute Gasteiger partial charge is 0.507 e. The van der Waals surface area contributed by atoms with Gasteiger partial charge in [0, 0.05) is 35.0 Å². The third-order valence-electron chi connectivity index (χ3n) is 9.95. The quantitative estimate of drug-likeness (QED) is 0.278. The first kappa shape index (κ1) is 32.0. The van der Waals surface area contributed by atoms with E-state index in [1.54, 1.807) is 6.08 Å². The Bertz CT molecular complexity index is 1570. The number of allylic oxidation sites excluding steroid dienone is 8. The van der Waals surface area contributed by atoms with Crippen molar-refractivity contribution in [3.8, 4) is 17.2 Å². The van der Waals surface area contributed by atoms with E-state index in [0.29, 0.717) is 29.5 Å². The Labute approximate surface area is 262 Å². The van der Waals surface area contributed by atoms with Gasteiger partial charge < -0.3 is 19.7 Å². The highest BCUT2D eigenvalue weighted by Crippen LogP contribution is 2.68. The maximum atomic E-state index is 14.7. The minimum atomic E-state index is -1.39. The number of rotatable bonds is 9. The molecule has 1 saturated heterocycles. The molecular weight excluding hydrogens is 552 g/mol. The van der Waals surface area contributed by atoms with Gasteiger partial charge in [0.05, 0.1) is 5.60 Å². The maximum Gasteiger partial charge on any atom is 0.200 e. The molecule has 6 heteroatoms. The van der Waals surface area contributed by atoms with Gasteiger partial charge in [0.1, 0.15) is 22.8 Å². The monoisotopic (exact) mass is 600 g/mol. The first-order chi connectivity index (χ1) is 20.6. The normalized spacial score (nSPS) is 27.7. The Balaban J connectivity index is 1.71. The third-order valence-corrected chi connectivity index (χ3v) is 9.95. The van der Waals surface area contributed by atoms with Crippen LogP contribution in [-0.2, 0) is 22.4 Å². The Morgan fingerprint density at radius 3 is 2.16 bits per heavy atom. The van der Waals surface area contributed by atoms with Crippen LogP contribution in [0.15, 0.2) is 58.2 Å². The van der Waals surface area contributed by atoms with Crippen molar-refractivity contribution < 1.29 is 29.3 Å². The molecule has 1 spiro atoms. The van der Waals surface area contributed by atoms with Crippen LogP contribution in [0.3, 0.4) is 0 Å². The average Bonchev–Trinajstić information content (AvgIpc) is 3.08. The number of hydrogen-bond donors (Lipinski definition) is 2. The molecule has 236 valence electrons. The summed E-state index contributed by atoms with van der Waals surface area (Å²) in [5.41, 5.74) is 2.21. The van der Waals surface area contributed by atoms with Gasteiger partial charge in [0.15, 0.2) is 22.8 Å². The van der Waals surface area contributed by atoms with Gasteiger partial charge >= 0.3 is 0 Å². The summed E-state index contributed by atoms with van der Waals surface area (Å²) < 4.78 is 13.8. The van der Waals surface area contributed by atoms with Crippen LogP contribution in [0.4, 0.5) is 0 Å². The van der Waals surface area contributed by atoms with Gasteiger partial charge in [-0.15, -0.1) is 0 Å². The van der Waals surface area contributed by atoms with E-state index >= 15 is 0 Å². The predicted molar refractivity (Wildman–Crippen MR) is 173 cm³/mol. The van der Waals surface area contributed by atoms with E-state index in [1.165, 1.54) is 5.57 Å². The van der Waals surface area contributed by atoms with Crippen LogP contribution in [0.2, 0.25) is 0 Å². The second kappa shape index (κ2) is 11.2. The maximum absolute atomic E-state index is 14.7. The summed E-state index contributed by atoms with van der Waals surface area (Å²) >= 11 is 0. The Morgan fingerprint density at radius 2 is 1.52 bits per heavy atom. The Hall–Kier alpha value is -3.38. The number of phenols is 2. The molecule has 5 aliphatic rings. The molecule has 0 unspecified atom stereocenters. The molecule has 2 aliphatic heterocycles. The lowest BCUT2D eigenvalue weighted by atomic mass is 9.51. The fraction of sp³-hybridized carbons (Fsp3) is 0.526. The molecule has 3 aliphatic carbocycles. The molecule has 1 saturated carbocycles. The standard InChI is InChI=1S/C38H48O6/c1-21(2)11-10-12-24(7)14-16-26-31(39)27(15-13-22(3)4)34-30(32(26)40)33(41)28-19-25-20-29-36(8,9)44-37(35(25)42,18-17-23(5)6)38(28,29)43-34/h11,13-14,17,19,25,29,39-40H,10,12,15-16,18,20H2,1-9H3/t25-,29+,37+,38-/m1/s1. The number of benzene rings is 1. The highest BCUT2D eigenvalue weighted by molar-refractivity contribution is 6.18. The number of aromatic hydroxyl groups is 2. The first-order valence-electron chi connectivity index (χ1n) is 15.9. The van der Waals surface area contributed by atoms with Gasteiger partial charge in [-0.25, -0.2) is 0 Å². The third kappa shape index (κ3) is 4.81. The van der Waals surface area contributed by atoms with E-state index in [9.17, 15) is 19.8 Å². The van der Waals surface area contributed by atoms with Gasteiger partial charge in [0.25, 0.3) is 0 Å². The lowest BCUT2D eigenvalue weighted by Crippen LogP contribution is -2.72. The minimum Gasteiger partial charge on any atom is -0.507 e. The number of ether oxygens (including phenoxy) is 2. The van der Waals surface area contributed by atoms with Gasteiger partial charge in [-0.05, 0) is 94.4 Å². The smallest absolute Gasteiger partial charge is 0.200 e. The SMILES string of the molecule is CC(C)=CCCC(C)=CCc1c(O)c(CC=C(C)C)c2c(c1O)C(=O)C1=C[C@@H]3C[C@H]4C(C)(C)O[C@@](CC=C(C)C)(C3=O)[C@@]14O2. The minimum absolute atomic E-state index is 0.0667. The lowest BCUT2D eigenvalue weighted by Gasteiger charge is -2.56. The topological polar surface area (TPSA) is 93.1 Å². The number of Topliss-reactive ketones (excluding diaryl/α,β-unsaturated/α-hetero) is 2. The zero-order valence-electron chi connectivity index (χ0n) is 27.8. The average molecular weight is 601 g/mol. The molecule has 1 aromatic rings. The van der Waals surface area contributed by atoms with E-state index in [2.05, 4.69) is 19.9 Å². The number of carbonyl (C=O) groups is 2. The van der Waals surface area contributed by atoms with Gasteiger partial charge in [-0.2, -0.15) is 0 Å². The molecule has 2 fully saturated rings. The van der Waals surface area contributed by atoms with Crippen LogP contribution >= 0.6 is 0 Å². The molecule has 0 amide bonds. The summed E-state index contributed by atoms with van der Waals surface area (Å²) in [7, 11) is 0. The van der Waals surface area contributed by atoms with E-state index in [1.807, 2.05) is 66.7 Å². The Morgan fingerprint density at radius 1 is 0.886 bits per heavy atom. The molecule has 2 heterocycles. The number of ketones is 2. The fourth-order valence-electron chi connectivity index (χ4n) is 7.76. The van der Waals surface area contributed by atoms with Gasteiger partial charge in [-0.3, -0.25) is 9.59 Å². The molecule has 0 radical (unpaired) electrons. The van der Waals surface area contributed by atoms with Crippen LogP contribution in [0, 0.1) is 11.8 Å². The summed E-state index contributed by atoms with van der Waals surface area (Å²) in [6.45, 7) is 18.0. The summed E-state index contributed by atoms with van der Waals surface area (Å²) in [5, 5.41) is 23.5. The summed E-state index contributed by atoms with van der Waals surface area (Å²) in [5.74, 6) is -1.33. The van der Waals surface area contributed by atoms with Gasteiger partial charge in [0.2, 0.25) is 0 Å². The van der Waals surface area contributed by atoms with E-state index in [0.717, 1.165) is 29.6 Å². The lowest BCUT2D eigenvalue weighted by molar-refractivity contribution is -0.171. The van der Waals surface area contributed by atoms with Crippen molar-refractivity contribution in [1.82, 2.24) is 0 Å². The second-order valence-electron chi connectivity index (χ2n) is 14.4. The summed E-state index contributed by atoms with van der Waals surface area (Å²) in [4.78, 5) is 28.8. The van der Waals surface area contributed by atoms with Crippen molar-refractivity contribution in [2.45, 2.75) is 118 Å². The zero-order valence-corrected chi connectivity index (χ0v) is 27.8. The van der Waals surface area contributed by atoms with E-state index in [4.69, 9.17) is 9.47 Å². The van der Waals surface area contributed by atoms with E-state index in [-0.39, 0.29) is 53.1 Å². The molecular formula is C38H48O6. The van der Waals surface area contributed by atoms with Crippen molar-refractivity contribution in [2.75, 3.05) is 0 Å². The number of carbonyl (C=O) groups excluding carboxylic acids is 2. The zero-order chi connectivity index (χ0) is 32.4. The predicted octanol–water partition coefficient (Wildman–Crippen LogP) is 8.20. The summed E-state index contributed by atoms with van der Waals surface area (Å²) in [6.07, 6.45) is 13.1. The molecule has 6 rings (SSSR count). The van der Waals surface area contributed by atoms with Crippen molar-refractivity contribution in [3.63, 3.8) is 0 Å². The number of fused-ring (bicyclic) bond motifs is 1. The van der Waals surface area contributed by atoms with Crippen LogP contribution in [0.5, 0.6) is 17.2 Å². The Kier molecular flexibility index (Phi) is 8.16. The van der Waals surface area contributed by atoms with Gasteiger partial charge in [-0.1, -0.05) is 52.7 Å². The molecule has 4 atom stereocenters. The van der Waals surface area contributed by atoms with Crippen molar-refractivity contribution in [1.29, 1.82) is 0 Å². The second-order valence-corrected chi connectivity index (χ2v) is 14.4. The van der Waals surface area contributed by atoms with Crippen molar-refractivity contribution in [3.05, 3.63) is 74.9 Å². The molecule has 44 heavy (non-hydrogen) atoms.